The number of halogens is 3. The summed E-state index contributed by atoms with van der Waals surface area (Å²) in [5, 5.41) is 5.51. The lowest BCUT2D eigenvalue weighted by molar-refractivity contribution is -0.154. The Kier molecular flexibility index (Phi) is 11.3. The predicted octanol–water partition coefficient (Wildman–Crippen LogP) is 6.79. The Morgan fingerprint density at radius 2 is 1.89 bits per heavy atom. The number of carbonyl (C=O) groups is 2. The minimum Gasteiger partial charge on any atom is -0.464 e. The van der Waals surface area contributed by atoms with Crippen LogP contribution in [0.5, 0.6) is 0 Å². The number of methoxy groups -OCH3 is 1. The lowest BCUT2D eigenvalue weighted by atomic mass is 9.84. The quantitative estimate of drug-likeness (QED) is 0.212. The van der Waals surface area contributed by atoms with E-state index in [0.717, 1.165) is 55.4 Å². The van der Waals surface area contributed by atoms with E-state index < -0.39 is 24.2 Å². The molecule has 0 spiro atoms. The van der Waals surface area contributed by atoms with Crippen molar-refractivity contribution in [2.24, 2.45) is 5.41 Å². The molecular formula is C40H50F3N7O4S. The van der Waals surface area contributed by atoms with Crippen LogP contribution in [0.15, 0.2) is 35.8 Å². The number of esters is 1. The molecule has 3 aromatic heterocycles. The Bertz CT molecular complexity index is 2040. The van der Waals surface area contributed by atoms with Gasteiger partial charge in [0.1, 0.15) is 6.04 Å². The molecule has 0 saturated carbocycles. The third-order valence-electron chi connectivity index (χ3n) is 11.0. The number of aryl methyl sites for hydroxylation is 2. The summed E-state index contributed by atoms with van der Waals surface area (Å²) in [6, 6.07) is 7.91. The molecule has 6 bridgehead atoms. The van der Waals surface area contributed by atoms with E-state index in [1.807, 2.05) is 12.3 Å². The average Bonchev–Trinajstić information content (AvgIpc) is 3.77. The molecular weight excluding hydrogens is 732 g/mol. The molecule has 3 aliphatic rings. The Hall–Kier alpha value is -4.05. The second-order valence-electron chi connectivity index (χ2n) is 15.6. The highest BCUT2D eigenvalue weighted by Crippen LogP contribution is 2.43. The highest BCUT2D eigenvalue weighted by atomic mass is 32.1. The fourth-order valence-electron chi connectivity index (χ4n) is 8.02. The van der Waals surface area contributed by atoms with E-state index in [4.69, 9.17) is 19.4 Å². The van der Waals surface area contributed by atoms with Crippen molar-refractivity contribution < 1.29 is 32.2 Å². The van der Waals surface area contributed by atoms with Crippen LogP contribution in [0.1, 0.15) is 69.3 Å². The van der Waals surface area contributed by atoms with Gasteiger partial charge in [-0.25, -0.2) is 10.4 Å². The first-order valence-corrected chi connectivity index (χ1v) is 20.0. The zero-order valence-corrected chi connectivity index (χ0v) is 33.0. The Morgan fingerprint density at radius 1 is 1.11 bits per heavy atom. The molecule has 2 unspecified atom stereocenters. The zero-order valence-electron chi connectivity index (χ0n) is 32.2. The van der Waals surface area contributed by atoms with Gasteiger partial charge >= 0.3 is 12.1 Å². The lowest BCUT2D eigenvalue weighted by Crippen LogP contribution is -2.55. The molecule has 296 valence electrons. The van der Waals surface area contributed by atoms with Crippen LogP contribution in [0.3, 0.4) is 0 Å². The molecule has 6 heterocycles. The first kappa shape index (κ1) is 39.2. The maximum absolute atomic E-state index is 13.5. The summed E-state index contributed by atoms with van der Waals surface area (Å²) in [6.07, 6.45) is -0.190. The number of piperazine rings is 1. The summed E-state index contributed by atoms with van der Waals surface area (Å²) in [7, 11) is 1.65. The number of hydrazine groups is 1. The number of pyridine rings is 1. The minimum atomic E-state index is -4.24. The van der Waals surface area contributed by atoms with Gasteiger partial charge in [-0.05, 0) is 56.9 Å². The number of hydrogen-bond acceptors (Lipinski definition) is 10. The second kappa shape index (κ2) is 15.8. The molecule has 0 radical (unpaired) electrons. The molecule has 11 nitrogen and oxygen atoms in total. The summed E-state index contributed by atoms with van der Waals surface area (Å²) in [5.74, 6) is -0.446. The van der Waals surface area contributed by atoms with Gasteiger partial charge in [0.05, 0.1) is 53.2 Å². The van der Waals surface area contributed by atoms with Crippen LogP contribution in [0.25, 0.3) is 33.4 Å². The molecule has 15 heteroatoms. The van der Waals surface area contributed by atoms with Crippen molar-refractivity contribution in [3.05, 3.63) is 52.1 Å². The highest BCUT2D eigenvalue weighted by molar-refractivity contribution is 7.09. The van der Waals surface area contributed by atoms with Gasteiger partial charge in [-0.2, -0.15) is 13.2 Å². The van der Waals surface area contributed by atoms with Crippen molar-refractivity contribution in [1.29, 1.82) is 0 Å². The van der Waals surface area contributed by atoms with Crippen molar-refractivity contribution in [2.45, 2.75) is 84.7 Å². The number of fused-ring (bicyclic) bond motifs is 6. The third kappa shape index (κ3) is 8.54. The largest absolute Gasteiger partial charge is 0.464 e. The number of benzene rings is 1. The fraction of sp³-hybridized carbons (Fsp3) is 0.550. The van der Waals surface area contributed by atoms with Crippen LogP contribution in [0.4, 0.5) is 18.9 Å². The first-order valence-electron chi connectivity index (χ1n) is 19.1. The predicted molar refractivity (Wildman–Crippen MR) is 207 cm³/mol. The highest BCUT2D eigenvalue weighted by Gasteiger charge is 2.35. The number of carbonyl (C=O) groups excluding carboxylic acids is 2. The Balaban J connectivity index is 1.35. The van der Waals surface area contributed by atoms with Gasteiger partial charge in [0.2, 0.25) is 5.91 Å². The van der Waals surface area contributed by atoms with Crippen LogP contribution in [0.2, 0.25) is 0 Å². The molecule has 4 aromatic rings. The van der Waals surface area contributed by atoms with Crippen LogP contribution in [0, 0.1) is 5.41 Å². The van der Waals surface area contributed by atoms with E-state index >= 15 is 0 Å². The number of nitrogens with one attached hydrogen (secondary N) is 1. The summed E-state index contributed by atoms with van der Waals surface area (Å²) < 4.78 is 53.8. The summed E-state index contributed by atoms with van der Waals surface area (Å²) in [4.78, 5) is 40.1. The monoisotopic (exact) mass is 781 g/mol. The van der Waals surface area contributed by atoms with Gasteiger partial charge in [-0.3, -0.25) is 24.5 Å². The number of nitrogens with zero attached hydrogens (tertiary/aromatic N) is 6. The van der Waals surface area contributed by atoms with Crippen LogP contribution >= 0.6 is 11.3 Å². The number of rotatable bonds is 6. The van der Waals surface area contributed by atoms with Crippen molar-refractivity contribution in [3.63, 3.8) is 0 Å². The van der Waals surface area contributed by atoms with Crippen molar-refractivity contribution in [1.82, 2.24) is 29.9 Å². The van der Waals surface area contributed by atoms with E-state index in [0.29, 0.717) is 65.0 Å². The third-order valence-corrected chi connectivity index (χ3v) is 11.9. The van der Waals surface area contributed by atoms with Gasteiger partial charge in [0, 0.05) is 92.0 Å². The molecule has 2 fully saturated rings. The number of anilines is 1. The molecule has 2 atom stereocenters. The smallest absolute Gasteiger partial charge is 0.401 e. The van der Waals surface area contributed by atoms with E-state index in [1.165, 1.54) is 16.2 Å². The van der Waals surface area contributed by atoms with E-state index in [9.17, 15) is 22.8 Å². The van der Waals surface area contributed by atoms with Gasteiger partial charge in [0.25, 0.3) is 0 Å². The van der Waals surface area contributed by atoms with E-state index in [-0.39, 0.29) is 31.0 Å². The number of ether oxygens (including phenoxy) is 2. The van der Waals surface area contributed by atoms with Crippen molar-refractivity contribution in [2.75, 3.05) is 57.9 Å². The minimum absolute atomic E-state index is 0.0698. The number of aromatic nitrogens is 3. The molecule has 0 aliphatic carbocycles. The number of cyclic esters (lactones) is 1. The maximum atomic E-state index is 13.5. The van der Waals surface area contributed by atoms with Gasteiger partial charge < -0.3 is 18.9 Å². The molecule has 55 heavy (non-hydrogen) atoms. The average molecular weight is 782 g/mol. The van der Waals surface area contributed by atoms with Crippen LogP contribution < -0.4 is 10.3 Å². The normalized spacial score (nSPS) is 20.8. The first-order chi connectivity index (χ1) is 26.2. The topological polar surface area (TPSA) is 105 Å². The Labute approximate surface area is 323 Å². The second-order valence-corrected chi connectivity index (χ2v) is 16.6. The summed E-state index contributed by atoms with van der Waals surface area (Å²) in [6.45, 7) is 10.2. The molecule has 3 aliphatic heterocycles. The summed E-state index contributed by atoms with van der Waals surface area (Å²) in [5.41, 5.74) is 10.00. The lowest BCUT2D eigenvalue weighted by Gasteiger charge is -2.36. The number of thiazole rings is 1. The van der Waals surface area contributed by atoms with E-state index in [2.05, 4.69) is 59.9 Å². The fourth-order valence-corrected chi connectivity index (χ4v) is 8.83. The van der Waals surface area contributed by atoms with Gasteiger partial charge in [-0.1, -0.05) is 19.9 Å². The molecule has 2 saturated heterocycles. The van der Waals surface area contributed by atoms with Gasteiger partial charge in [0.15, 0.2) is 0 Å². The SMILES string of the molecule is CCn1c(-c2cc(N3CCN(CC(F)(F)F)CC3)cnc2C(C)OC)c2c3cc(ccc31)-c1csc(n1)CCC(=O)N1CCCC(N1)C(=O)OCC(C)(C)C2. The van der Waals surface area contributed by atoms with Gasteiger partial charge in [-0.15, -0.1) is 11.3 Å². The molecule has 1 amide bonds. The van der Waals surface area contributed by atoms with Crippen molar-refractivity contribution in [3.8, 4) is 22.5 Å². The molecule has 1 aromatic carbocycles. The zero-order chi connectivity index (χ0) is 39.1. The van der Waals surface area contributed by atoms with E-state index in [1.54, 1.807) is 18.3 Å². The maximum Gasteiger partial charge on any atom is 0.401 e. The number of alkyl halides is 3. The molecule has 7 rings (SSSR count). The molecule has 1 N–H and O–H groups in total. The Morgan fingerprint density at radius 3 is 2.62 bits per heavy atom. The van der Waals surface area contributed by atoms with Crippen LogP contribution in [-0.2, 0) is 38.4 Å². The van der Waals surface area contributed by atoms with Crippen molar-refractivity contribution >= 4 is 39.8 Å². The number of amides is 1. The summed E-state index contributed by atoms with van der Waals surface area (Å²) >= 11 is 1.54. The van der Waals surface area contributed by atoms with Crippen LogP contribution in [-0.4, -0.2) is 102 Å². The standard InChI is InChI=1S/C40H50F3N7O4S/c1-6-49-33-10-9-26-18-28(33)30(37(49)29-19-27(21-44-36(29)25(2)53-5)48-16-14-47(15-17-48)23-40(41,42)43)20-39(3,4)24-54-38(52)31-8-7-13-50(46-31)35(51)12-11-34-45-32(26)22-55-34/h9-10,18-19,21-22,25,31,46H,6-8,11-17,20,23-24H2,1-5H3. The number of hydrogen-bond donors (Lipinski definition) is 1.